The van der Waals surface area contributed by atoms with Crippen molar-refractivity contribution in [3.05, 3.63) is 0 Å². The summed E-state index contributed by atoms with van der Waals surface area (Å²) >= 11 is 1.41. The highest BCUT2D eigenvalue weighted by Crippen LogP contribution is 2.26. The molecule has 6 heteroatoms. The predicted octanol–water partition coefficient (Wildman–Crippen LogP) is 1.18. The van der Waals surface area contributed by atoms with Gasteiger partial charge < -0.3 is 10.6 Å². The first kappa shape index (κ1) is 11.2. The van der Waals surface area contributed by atoms with Crippen molar-refractivity contribution in [2.45, 2.75) is 31.7 Å². The van der Waals surface area contributed by atoms with Gasteiger partial charge in [-0.15, -0.1) is 0 Å². The molecule has 2 N–H and O–H groups in total. The maximum Gasteiger partial charge on any atom is 0.233 e. The Labute approximate surface area is 106 Å². The van der Waals surface area contributed by atoms with Crippen LogP contribution in [0.1, 0.15) is 25.7 Å². The molecule has 0 unspecified atom stereocenters. The molecule has 1 aliphatic carbocycles. The summed E-state index contributed by atoms with van der Waals surface area (Å²) in [6.07, 6.45) is 5.62. The third kappa shape index (κ3) is 2.37. The standard InChI is InChI=1S/C11H19N5S/c12-10-13-11(17-14-10)16-7-5-15(6-8-16)9-3-1-2-4-9/h9H,1-8H2,(H2,12,14). The first-order valence-corrected chi connectivity index (χ1v) is 7.18. The Bertz CT molecular complexity index is 366. The number of nitrogen functional groups attached to an aromatic ring is 1. The Hall–Kier alpha value is -0.880. The summed E-state index contributed by atoms with van der Waals surface area (Å²) < 4.78 is 4.04. The average molecular weight is 253 g/mol. The molecule has 1 saturated heterocycles. The topological polar surface area (TPSA) is 58.3 Å². The number of piperazine rings is 1. The quantitative estimate of drug-likeness (QED) is 0.858. The molecular formula is C11H19N5S. The molecule has 3 rings (SSSR count). The largest absolute Gasteiger partial charge is 0.367 e. The molecule has 0 amide bonds. The molecule has 0 aromatic carbocycles. The highest BCUT2D eigenvalue weighted by atomic mass is 32.1. The van der Waals surface area contributed by atoms with E-state index in [9.17, 15) is 0 Å². The van der Waals surface area contributed by atoms with E-state index in [1.165, 1.54) is 37.2 Å². The Kier molecular flexibility index (Phi) is 3.15. The van der Waals surface area contributed by atoms with Crippen molar-refractivity contribution < 1.29 is 0 Å². The first-order valence-electron chi connectivity index (χ1n) is 6.41. The van der Waals surface area contributed by atoms with Crippen LogP contribution in [0.5, 0.6) is 0 Å². The minimum atomic E-state index is 0.406. The highest BCUT2D eigenvalue weighted by molar-refractivity contribution is 7.09. The van der Waals surface area contributed by atoms with Crippen LogP contribution in [0.2, 0.25) is 0 Å². The molecule has 1 aromatic heterocycles. The highest BCUT2D eigenvalue weighted by Gasteiger charge is 2.26. The molecule has 2 fully saturated rings. The monoisotopic (exact) mass is 253 g/mol. The summed E-state index contributed by atoms with van der Waals surface area (Å²) in [6.45, 7) is 4.44. The van der Waals surface area contributed by atoms with Crippen LogP contribution in [0.3, 0.4) is 0 Å². The van der Waals surface area contributed by atoms with Gasteiger partial charge in [0, 0.05) is 43.8 Å². The van der Waals surface area contributed by atoms with Gasteiger partial charge in [0.1, 0.15) is 0 Å². The lowest BCUT2D eigenvalue weighted by Crippen LogP contribution is -2.49. The molecule has 1 aliphatic heterocycles. The Morgan fingerprint density at radius 1 is 1.12 bits per heavy atom. The van der Waals surface area contributed by atoms with Crippen molar-refractivity contribution in [2.24, 2.45) is 0 Å². The van der Waals surface area contributed by atoms with Gasteiger partial charge >= 0.3 is 0 Å². The Morgan fingerprint density at radius 2 is 1.82 bits per heavy atom. The second kappa shape index (κ2) is 4.78. The number of nitrogens with two attached hydrogens (primary N) is 1. The summed E-state index contributed by atoms with van der Waals surface area (Å²) in [5, 5.41) is 0.980. The smallest absolute Gasteiger partial charge is 0.233 e. The van der Waals surface area contributed by atoms with Gasteiger partial charge in [-0.3, -0.25) is 4.90 Å². The molecule has 1 saturated carbocycles. The zero-order chi connectivity index (χ0) is 11.7. The number of nitrogens with zero attached hydrogens (tertiary/aromatic N) is 4. The van der Waals surface area contributed by atoms with E-state index < -0.39 is 0 Å². The molecule has 2 aliphatic rings. The second-order valence-corrected chi connectivity index (χ2v) is 5.63. The van der Waals surface area contributed by atoms with Crippen LogP contribution < -0.4 is 10.6 Å². The molecule has 0 spiro atoms. The van der Waals surface area contributed by atoms with Crippen molar-refractivity contribution in [2.75, 3.05) is 36.8 Å². The van der Waals surface area contributed by atoms with Crippen LogP contribution in [0, 0.1) is 0 Å². The number of hydrogen-bond donors (Lipinski definition) is 1. The van der Waals surface area contributed by atoms with E-state index in [1.54, 1.807) is 0 Å². The van der Waals surface area contributed by atoms with Crippen LogP contribution >= 0.6 is 11.5 Å². The zero-order valence-electron chi connectivity index (χ0n) is 10.0. The first-order chi connectivity index (χ1) is 8.33. The molecule has 17 heavy (non-hydrogen) atoms. The minimum Gasteiger partial charge on any atom is -0.367 e. The molecule has 0 radical (unpaired) electrons. The van der Waals surface area contributed by atoms with Gasteiger partial charge in [-0.25, -0.2) is 0 Å². The van der Waals surface area contributed by atoms with Gasteiger partial charge in [0.05, 0.1) is 0 Å². The Morgan fingerprint density at radius 3 is 2.41 bits per heavy atom. The molecular weight excluding hydrogens is 234 g/mol. The summed E-state index contributed by atoms with van der Waals surface area (Å²) in [5.74, 6) is 0.406. The second-order valence-electron chi connectivity index (χ2n) is 4.90. The molecule has 2 heterocycles. The number of aromatic nitrogens is 2. The summed E-state index contributed by atoms with van der Waals surface area (Å²) in [7, 11) is 0. The maximum absolute atomic E-state index is 5.56. The van der Waals surface area contributed by atoms with E-state index in [2.05, 4.69) is 19.2 Å². The van der Waals surface area contributed by atoms with Gasteiger partial charge in [0.25, 0.3) is 0 Å². The van der Waals surface area contributed by atoms with E-state index in [1.807, 2.05) is 0 Å². The molecule has 94 valence electrons. The van der Waals surface area contributed by atoms with Gasteiger partial charge in [-0.2, -0.15) is 9.36 Å². The summed E-state index contributed by atoms with van der Waals surface area (Å²) in [5.41, 5.74) is 5.56. The number of hydrogen-bond acceptors (Lipinski definition) is 6. The van der Waals surface area contributed by atoms with Crippen LogP contribution in [0.4, 0.5) is 11.1 Å². The van der Waals surface area contributed by atoms with Gasteiger partial charge in [-0.1, -0.05) is 12.8 Å². The third-order valence-corrected chi connectivity index (χ3v) is 4.65. The number of rotatable bonds is 2. The lowest BCUT2D eigenvalue weighted by molar-refractivity contribution is 0.187. The zero-order valence-corrected chi connectivity index (χ0v) is 10.8. The van der Waals surface area contributed by atoms with Gasteiger partial charge in [0.2, 0.25) is 11.1 Å². The predicted molar refractivity (Wildman–Crippen MR) is 70.4 cm³/mol. The minimum absolute atomic E-state index is 0.406. The van der Waals surface area contributed by atoms with Crippen LogP contribution in [0.15, 0.2) is 0 Å². The van der Waals surface area contributed by atoms with E-state index in [4.69, 9.17) is 5.73 Å². The molecule has 1 aromatic rings. The normalized spacial score (nSPS) is 23.4. The summed E-state index contributed by atoms with van der Waals surface area (Å²) in [6, 6.07) is 0.844. The fourth-order valence-electron chi connectivity index (χ4n) is 2.90. The van der Waals surface area contributed by atoms with Crippen molar-refractivity contribution in [3.63, 3.8) is 0 Å². The maximum atomic E-state index is 5.56. The van der Waals surface area contributed by atoms with Gasteiger partial charge in [0.15, 0.2) is 0 Å². The lowest BCUT2D eigenvalue weighted by Gasteiger charge is -2.37. The van der Waals surface area contributed by atoms with E-state index >= 15 is 0 Å². The lowest BCUT2D eigenvalue weighted by atomic mass is 10.2. The Balaban J connectivity index is 1.56. The third-order valence-electron chi connectivity index (χ3n) is 3.86. The summed E-state index contributed by atoms with van der Waals surface area (Å²) in [4.78, 5) is 9.20. The average Bonchev–Trinajstić information content (AvgIpc) is 3.00. The van der Waals surface area contributed by atoms with Crippen LogP contribution in [0.25, 0.3) is 0 Å². The number of anilines is 2. The van der Waals surface area contributed by atoms with E-state index in [0.29, 0.717) is 5.95 Å². The molecule has 0 atom stereocenters. The van der Waals surface area contributed by atoms with E-state index in [0.717, 1.165) is 37.4 Å². The van der Waals surface area contributed by atoms with Gasteiger partial charge in [-0.05, 0) is 12.8 Å². The van der Waals surface area contributed by atoms with Crippen molar-refractivity contribution in [1.29, 1.82) is 0 Å². The SMILES string of the molecule is Nc1nsc(N2CCN(C3CCCC3)CC2)n1. The van der Waals surface area contributed by atoms with Crippen molar-refractivity contribution in [3.8, 4) is 0 Å². The van der Waals surface area contributed by atoms with Crippen molar-refractivity contribution >= 4 is 22.6 Å². The van der Waals surface area contributed by atoms with E-state index in [-0.39, 0.29) is 0 Å². The molecule has 5 nitrogen and oxygen atoms in total. The van der Waals surface area contributed by atoms with Crippen LogP contribution in [-0.2, 0) is 0 Å². The molecule has 0 bridgehead atoms. The fourth-order valence-corrected chi connectivity index (χ4v) is 3.55. The fraction of sp³-hybridized carbons (Fsp3) is 0.818. The van der Waals surface area contributed by atoms with Crippen molar-refractivity contribution in [1.82, 2.24) is 14.3 Å². The van der Waals surface area contributed by atoms with Crippen LogP contribution in [-0.4, -0.2) is 46.5 Å².